The molecule has 0 spiro atoms. The van der Waals surface area contributed by atoms with Crippen molar-refractivity contribution in [2.75, 3.05) is 4.90 Å². The molecule has 0 aliphatic rings. The summed E-state index contributed by atoms with van der Waals surface area (Å²) in [4.78, 5) is 17.2. The molecule has 1 N–H and O–H groups in total. The molecule has 0 atom stereocenters. The van der Waals surface area contributed by atoms with Crippen LogP contribution in [0.15, 0.2) is 67.0 Å². The number of fused-ring (bicyclic) bond motifs is 1. The molecule has 4 rings (SSSR count). The van der Waals surface area contributed by atoms with Crippen LogP contribution in [-0.4, -0.2) is 21.6 Å². The third-order valence-electron chi connectivity index (χ3n) is 3.97. The van der Waals surface area contributed by atoms with E-state index in [1.165, 1.54) is 17.0 Å². The normalized spacial score (nSPS) is 10.8. The van der Waals surface area contributed by atoms with Gasteiger partial charge in [-0.1, -0.05) is 0 Å². The monoisotopic (exact) mass is 332 g/mol. The fourth-order valence-electron chi connectivity index (χ4n) is 2.75. The number of anilines is 2. The zero-order chi connectivity index (χ0) is 17.2. The summed E-state index contributed by atoms with van der Waals surface area (Å²) in [6.45, 7) is 0. The molecule has 6 heteroatoms. The SMILES string of the molecule is O=CN(c1cccnc1)c1ccc2[nH]nc(-c3ccc(F)cc3)c2c1. The molecule has 0 saturated heterocycles. The summed E-state index contributed by atoms with van der Waals surface area (Å²) in [5.41, 5.74) is 3.70. The minimum atomic E-state index is -0.298. The van der Waals surface area contributed by atoms with Gasteiger partial charge in [0.25, 0.3) is 0 Å². The predicted octanol–water partition coefficient (Wildman–Crippen LogP) is 4.06. The lowest BCUT2D eigenvalue weighted by Crippen LogP contribution is -2.13. The molecule has 0 aliphatic carbocycles. The number of carbonyl (C=O) groups is 1. The van der Waals surface area contributed by atoms with E-state index in [4.69, 9.17) is 0 Å². The molecule has 122 valence electrons. The number of amides is 1. The molecule has 0 radical (unpaired) electrons. The van der Waals surface area contributed by atoms with Crippen LogP contribution in [0.3, 0.4) is 0 Å². The number of aromatic amines is 1. The van der Waals surface area contributed by atoms with E-state index in [0.717, 1.165) is 22.9 Å². The quantitative estimate of drug-likeness (QED) is 0.573. The van der Waals surface area contributed by atoms with E-state index in [1.54, 1.807) is 30.6 Å². The van der Waals surface area contributed by atoms with E-state index in [2.05, 4.69) is 15.2 Å². The van der Waals surface area contributed by atoms with Gasteiger partial charge >= 0.3 is 0 Å². The van der Waals surface area contributed by atoms with Crippen molar-refractivity contribution < 1.29 is 9.18 Å². The van der Waals surface area contributed by atoms with Gasteiger partial charge in [-0.25, -0.2) is 4.39 Å². The van der Waals surface area contributed by atoms with Gasteiger partial charge in [0.15, 0.2) is 0 Å². The van der Waals surface area contributed by atoms with Crippen molar-refractivity contribution >= 4 is 28.7 Å². The van der Waals surface area contributed by atoms with Crippen molar-refractivity contribution in [1.82, 2.24) is 15.2 Å². The second kappa shape index (κ2) is 6.16. The first-order chi connectivity index (χ1) is 12.3. The van der Waals surface area contributed by atoms with Gasteiger partial charge in [-0.3, -0.25) is 19.8 Å². The minimum absolute atomic E-state index is 0.298. The van der Waals surface area contributed by atoms with Crippen molar-refractivity contribution in [2.45, 2.75) is 0 Å². The number of H-pyrrole nitrogens is 1. The molecule has 0 saturated carbocycles. The number of carbonyl (C=O) groups excluding carboxylic acids is 1. The number of halogens is 1. The smallest absolute Gasteiger partial charge is 0.218 e. The molecule has 2 heterocycles. The topological polar surface area (TPSA) is 61.9 Å². The highest BCUT2D eigenvalue weighted by Gasteiger charge is 2.13. The maximum atomic E-state index is 13.2. The number of pyridine rings is 1. The van der Waals surface area contributed by atoms with Gasteiger partial charge in [-0.05, 0) is 54.6 Å². The van der Waals surface area contributed by atoms with Crippen LogP contribution in [0.25, 0.3) is 22.2 Å². The van der Waals surface area contributed by atoms with Crippen LogP contribution in [0, 0.1) is 5.82 Å². The van der Waals surface area contributed by atoms with Gasteiger partial charge in [-0.15, -0.1) is 0 Å². The Morgan fingerprint density at radius 2 is 1.88 bits per heavy atom. The van der Waals surface area contributed by atoms with Crippen molar-refractivity contribution in [3.63, 3.8) is 0 Å². The van der Waals surface area contributed by atoms with E-state index >= 15 is 0 Å². The van der Waals surface area contributed by atoms with Crippen molar-refractivity contribution in [1.29, 1.82) is 0 Å². The molecule has 0 bridgehead atoms. The van der Waals surface area contributed by atoms with Crippen molar-refractivity contribution in [2.24, 2.45) is 0 Å². The van der Waals surface area contributed by atoms with Gasteiger partial charge in [0.2, 0.25) is 6.41 Å². The van der Waals surface area contributed by atoms with E-state index in [1.807, 2.05) is 24.3 Å². The molecule has 25 heavy (non-hydrogen) atoms. The molecule has 2 aromatic heterocycles. The molecule has 0 fully saturated rings. The predicted molar refractivity (Wildman–Crippen MR) is 93.9 cm³/mol. The Morgan fingerprint density at radius 1 is 1.04 bits per heavy atom. The first kappa shape index (κ1) is 15.0. The lowest BCUT2D eigenvalue weighted by molar-refractivity contribution is -0.106. The number of aromatic nitrogens is 3. The average Bonchev–Trinajstić information content (AvgIpc) is 3.07. The van der Waals surface area contributed by atoms with Crippen LogP contribution in [0.4, 0.5) is 15.8 Å². The molecule has 1 amide bonds. The second-order valence-electron chi connectivity index (χ2n) is 5.50. The Morgan fingerprint density at radius 3 is 2.60 bits per heavy atom. The summed E-state index contributed by atoms with van der Waals surface area (Å²) in [6, 6.07) is 15.3. The Hall–Kier alpha value is -3.54. The largest absolute Gasteiger partial charge is 0.282 e. The second-order valence-corrected chi connectivity index (χ2v) is 5.50. The molecule has 2 aromatic carbocycles. The van der Waals surface area contributed by atoms with E-state index < -0.39 is 0 Å². The highest BCUT2D eigenvalue weighted by Crippen LogP contribution is 2.31. The lowest BCUT2D eigenvalue weighted by Gasteiger charge is -2.17. The van der Waals surface area contributed by atoms with Crippen LogP contribution in [0.5, 0.6) is 0 Å². The van der Waals surface area contributed by atoms with Gasteiger partial charge in [0.1, 0.15) is 5.82 Å². The van der Waals surface area contributed by atoms with Crippen LogP contribution >= 0.6 is 0 Å². The highest BCUT2D eigenvalue weighted by molar-refractivity contribution is 5.97. The molecular weight excluding hydrogens is 319 g/mol. The van der Waals surface area contributed by atoms with Gasteiger partial charge in [-0.2, -0.15) is 5.10 Å². The molecule has 4 aromatic rings. The van der Waals surface area contributed by atoms with E-state index in [9.17, 15) is 9.18 Å². The van der Waals surface area contributed by atoms with Gasteiger partial charge < -0.3 is 0 Å². The fourth-order valence-corrected chi connectivity index (χ4v) is 2.75. The summed E-state index contributed by atoms with van der Waals surface area (Å²) in [5.74, 6) is -0.298. The third-order valence-corrected chi connectivity index (χ3v) is 3.97. The van der Waals surface area contributed by atoms with Crippen molar-refractivity contribution in [3.05, 3.63) is 72.8 Å². The summed E-state index contributed by atoms with van der Waals surface area (Å²) < 4.78 is 13.2. The number of nitrogens with zero attached hydrogens (tertiary/aromatic N) is 3. The first-order valence-electron chi connectivity index (χ1n) is 7.65. The Bertz CT molecular complexity index is 1030. The van der Waals surface area contributed by atoms with Crippen LogP contribution in [0.2, 0.25) is 0 Å². The summed E-state index contributed by atoms with van der Waals surface area (Å²) in [6.07, 6.45) is 4.02. The summed E-state index contributed by atoms with van der Waals surface area (Å²) in [5, 5.41) is 8.14. The summed E-state index contributed by atoms with van der Waals surface area (Å²) in [7, 11) is 0. The Balaban J connectivity index is 1.83. The standard InChI is InChI=1S/C19H13FN4O/c20-14-5-3-13(4-6-14)19-17-10-15(7-8-18(17)22-23-19)24(12-25)16-2-1-9-21-11-16/h1-12H,(H,22,23). The van der Waals surface area contributed by atoms with Gasteiger partial charge in [0, 0.05) is 22.8 Å². The summed E-state index contributed by atoms with van der Waals surface area (Å²) >= 11 is 0. The van der Waals surface area contributed by atoms with E-state index in [-0.39, 0.29) is 5.82 Å². The first-order valence-corrected chi connectivity index (χ1v) is 7.65. The minimum Gasteiger partial charge on any atom is -0.282 e. The number of nitrogens with one attached hydrogen (secondary N) is 1. The molecule has 5 nitrogen and oxygen atoms in total. The van der Waals surface area contributed by atoms with E-state index in [0.29, 0.717) is 17.1 Å². The van der Waals surface area contributed by atoms with Crippen LogP contribution in [0.1, 0.15) is 0 Å². The Kier molecular flexibility index (Phi) is 3.70. The zero-order valence-corrected chi connectivity index (χ0v) is 13.1. The number of benzene rings is 2. The maximum Gasteiger partial charge on any atom is 0.218 e. The highest BCUT2D eigenvalue weighted by atomic mass is 19.1. The zero-order valence-electron chi connectivity index (χ0n) is 13.1. The number of hydrogen-bond acceptors (Lipinski definition) is 3. The van der Waals surface area contributed by atoms with Crippen LogP contribution < -0.4 is 4.90 Å². The van der Waals surface area contributed by atoms with Crippen molar-refractivity contribution in [3.8, 4) is 11.3 Å². The average molecular weight is 332 g/mol. The maximum absolute atomic E-state index is 13.2. The fraction of sp³-hybridized carbons (Fsp3) is 0. The molecule has 0 aliphatic heterocycles. The molecule has 0 unspecified atom stereocenters. The lowest BCUT2D eigenvalue weighted by atomic mass is 10.1. The van der Waals surface area contributed by atoms with Gasteiger partial charge in [0.05, 0.1) is 23.1 Å². The molecular formula is C19H13FN4O. The number of hydrogen-bond donors (Lipinski definition) is 1. The third kappa shape index (κ3) is 2.74. The van der Waals surface area contributed by atoms with Crippen LogP contribution in [-0.2, 0) is 4.79 Å². The number of rotatable bonds is 4. The Labute approximate surface area is 142 Å².